The molecule has 0 heterocycles. The fraction of sp³-hybridized carbons (Fsp3) is 0.409. The number of aliphatic imine (C=N–C) groups is 1. The van der Waals surface area contributed by atoms with E-state index in [0.717, 1.165) is 28.9 Å². The van der Waals surface area contributed by atoms with Gasteiger partial charge in [0.15, 0.2) is 5.96 Å². The van der Waals surface area contributed by atoms with Gasteiger partial charge in [0.25, 0.3) is 0 Å². The standard InChI is InChI=1S/C22H32N4O3S/c1-17(2)26-30(27,28)16-20-11-6-5-10-19(20)15-25-22(23-3)24-14-13-18-9-7-8-12-21(18)29-4/h5-12,17,26H,13-16H2,1-4H3,(H2,23,24,25). The van der Waals surface area contributed by atoms with E-state index in [2.05, 4.69) is 20.3 Å². The predicted octanol–water partition coefficient (Wildman–Crippen LogP) is 2.43. The zero-order chi connectivity index (χ0) is 22.0. The second-order valence-corrected chi connectivity index (χ2v) is 8.97. The maximum absolute atomic E-state index is 12.3. The molecule has 30 heavy (non-hydrogen) atoms. The Morgan fingerprint density at radius 3 is 2.27 bits per heavy atom. The Morgan fingerprint density at radius 2 is 1.63 bits per heavy atom. The van der Waals surface area contributed by atoms with Gasteiger partial charge in [-0.25, -0.2) is 13.1 Å². The van der Waals surface area contributed by atoms with E-state index in [1.54, 1.807) is 14.2 Å². The molecule has 164 valence electrons. The van der Waals surface area contributed by atoms with Crippen LogP contribution in [0.25, 0.3) is 0 Å². The van der Waals surface area contributed by atoms with E-state index >= 15 is 0 Å². The number of methoxy groups -OCH3 is 1. The Morgan fingerprint density at radius 1 is 1.00 bits per heavy atom. The molecule has 2 aromatic carbocycles. The maximum Gasteiger partial charge on any atom is 0.216 e. The van der Waals surface area contributed by atoms with Crippen molar-refractivity contribution in [2.45, 2.75) is 38.6 Å². The molecule has 0 aliphatic heterocycles. The molecule has 8 heteroatoms. The molecule has 0 saturated heterocycles. The number of nitrogens with one attached hydrogen (secondary N) is 3. The summed E-state index contributed by atoms with van der Waals surface area (Å²) in [6.45, 7) is 4.79. The van der Waals surface area contributed by atoms with Crippen LogP contribution in [0.5, 0.6) is 5.75 Å². The summed E-state index contributed by atoms with van der Waals surface area (Å²) in [6.07, 6.45) is 0.792. The first-order chi connectivity index (χ1) is 14.3. The molecule has 2 aromatic rings. The number of sulfonamides is 1. The van der Waals surface area contributed by atoms with Crippen LogP contribution >= 0.6 is 0 Å². The summed E-state index contributed by atoms with van der Waals surface area (Å²) in [7, 11) is -0.0101. The van der Waals surface area contributed by atoms with Crippen LogP contribution in [0.3, 0.4) is 0 Å². The van der Waals surface area contributed by atoms with E-state index in [0.29, 0.717) is 19.0 Å². The first-order valence-corrected chi connectivity index (χ1v) is 11.6. The number of guanidine groups is 1. The van der Waals surface area contributed by atoms with E-state index in [9.17, 15) is 8.42 Å². The summed E-state index contributed by atoms with van der Waals surface area (Å²) in [6, 6.07) is 15.3. The molecule has 0 bridgehead atoms. The topological polar surface area (TPSA) is 91.8 Å². The van der Waals surface area contributed by atoms with Crippen molar-refractivity contribution >= 4 is 16.0 Å². The third kappa shape index (κ3) is 7.68. The molecular weight excluding hydrogens is 400 g/mol. The summed E-state index contributed by atoms with van der Waals surface area (Å²) in [5, 5.41) is 6.55. The zero-order valence-electron chi connectivity index (χ0n) is 18.1. The van der Waals surface area contributed by atoms with Gasteiger partial charge >= 0.3 is 0 Å². The van der Waals surface area contributed by atoms with Crippen molar-refractivity contribution < 1.29 is 13.2 Å². The Hall–Kier alpha value is -2.58. The smallest absolute Gasteiger partial charge is 0.216 e. The van der Waals surface area contributed by atoms with Crippen LogP contribution in [-0.4, -0.2) is 41.1 Å². The Balaban J connectivity index is 1.94. The normalized spacial score (nSPS) is 12.1. The van der Waals surface area contributed by atoms with Gasteiger partial charge in [-0.05, 0) is 43.0 Å². The highest BCUT2D eigenvalue weighted by Gasteiger charge is 2.15. The van der Waals surface area contributed by atoms with E-state index in [-0.39, 0.29) is 11.8 Å². The van der Waals surface area contributed by atoms with Gasteiger partial charge in [-0.3, -0.25) is 4.99 Å². The van der Waals surface area contributed by atoms with Gasteiger partial charge in [-0.2, -0.15) is 0 Å². The van der Waals surface area contributed by atoms with Crippen molar-refractivity contribution in [3.05, 3.63) is 65.2 Å². The molecule has 0 saturated carbocycles. The molecule has 0 aliphatic carbocycles. The van der Waals surface area contributed by atoms with Crippen molar-refractivity contribution in [3.8, 4) is 5.75 Å². The van der Waals surface area contributed by atoms with Crippen LogP contribution < -0.4 is 20.1 Å². The molecule has 0 amide bonds. The summed E-state index contributed by atoms with van der Waals surface area (Å²) < 4.78 is 32.6. The Bertz CT molecular complexity index is 943. The van der Waals surface area contributed by atoms with Crippen LogP contribution in [0.2, 0.25) is 0 Å². The van der Waals surface area contributed by atoms with Crippen molar-refractivity contribution in [1.29, 1.82) is 0 Å². The van der Waals surface area contributed by atoms with E-state index in [4.69, 9.17) is 4.74 Å². The molecule has 0 atom stereocenters. The average Bonchev–Trinajstić information content (AvgIpc) is 2.70. The molecule has 0 aliphatic rings. The molecule has 0 fully saturated rings. The lowest BCUT2D eigenvalue weighted by Gasteiger charge is -2.16. The largest absolute Gasteiger partial charge is 0.496 e. The SMILES string of the molecule is CN=C(NCCc1ccccc1OC)NCc1ccccc1CS(=O)(=O)NC(C)C. The maximum atomic E-state index is 12.3. The van der Waals surface area contributed by atoms with Crippen molar-refractivity contribution in [2.24, 2.45) is 4.99 Å². The van der Waals surface area contributed by atoms with Gasteiger partial charge in [0.2, 0.25) is 10.0 Å². The van der Waals surface area contributed by atoms with Crippen LogP contribution in [0.1, 0.15) is 30.5 Å². The highest BCUT2D eigenvalue weighted by molar-refractivity contribution is 7.88. The summed E-state index contributed by atoms with van der Waals surface area (Å²) in [4.78, 5) is 4.25. The molecule has 7 nitrogen and oxygen atoms in total. The lowest BCUT2D eigenvalue weighted by atomic mass is 10.1. The Labute approximate surface area is 180 Å². The zero-order valence-corrected chi connectivity index (χ0v) is 18.9. The average molecular weight is 433 g/mol. The lowest BCUT2D eigenvalue weighted by Crippen LogP contribution is -2.38. The van der Waals surface area contributed by atoms with Crippen LogP contribution in [0, 0.1) is 0 Å². The number of benzene rings is 2. The Kier molecular flexibility index (Phi) is 9.14. The van der Waals surface area contributed by atoms with Crippen molar-refractivity contribution in [2.75, 3.05) is 20.7 Å². The predicted molar refractivity (Wildman–Crippen MR) is 122 cm³/mol. The van der Waals surface area contributed by atoms with Crippen molar-refractivity contribution in [3.63, 3.8) is 0 Å². The highest BCUT2D eigenvalue weighted by Crippen LogP contribution is 2.17. The molecule has 0 spiro atoms. The first kappa shape index (κ1) is 23.7. The van der Waals surface area contributed by atoms with Gasteiger partial charge in [0.1, 0.15) is 5.75 Å². The molecule has 0 radical (unpaired) electrons. The second-order valence-electron chi connectivity index (χ2n) is 7.21. The molecular formula is C22H32N4O3S. The third-order valence-corrected chi connectivity index (χ3v) is 5.95. The van der Waals surface area contributed by atoms with Gasteiger partial charge in [-0.15, -0.1) is 0 Å². The minimum Gasteiger partial charge on any atom is -0.496 e. The van der Waals surface area contributed by atoms with E-state index in [1.807, 2.05) is 62.4 Å². The number of rotatable bonds is 10. The van der Waals surface area contributed by atoms with Gasteiger partial charge in [0.05, 0.1) is 12.9 Å². The number of para-hydroxylation sites is 1. The summed E-state index contributed by atoms with van der Waals surface area (Å²) in [5.74, 6) is 1.47. The van der Waals surface area contributed by atoms with E-state index in [1.165, 1.54) is 0 Å². The fourth-order valence-corrected chi connectivity index (χ4v) is 4.59. The monoisotopic (exact) mass is 432 g/mol. The lowest BCUT2D eigenvalue weighted by molar-refractivity contribution is 0.409. The first-order valence-electron chi connectivity index (χ1n) is 9.98. The minimum absolute atomic E-state index is 0.0527. The summed E-state index contributed by atoms with van der Waals surface area (Å²) >= 11 is 0. The molecule has 3 N–H and O–H groups in total. The quantitative estimate of drug-likeness (QED) is 0.396. The van der Waals surface area contributed by atoms with Crippen LogP contribution in [0.4, 0.5) is 0 Å². The second kappa shape index (κ2) is 11.6. The van der Waals surface area contributed by atoms with Crippen molar-refractivity contribution in [1.82, 2.24) is 15.4 Å². The van der Waals surface area contributed by atoms with Gasteiger partial charge in [0, 0.05) is 26.2 Å². The van der Waals surface area contributed by atoms with Gasteiger partial charge in [-0.1, -0.05) is 42.5 Å². The number of hydrogen-bond acceptors (Lipinski definition) is 4. The number of hydrogen-bond donors (Lipinski definition) is 3. The van der Waals surface area contributed by atoms with Gasteiger partial charge < -0.3 is 15.4 Å². The van der Waals surface area contributed by atoms with Crippen LogP contribution in [-0.2, 0) is 28.7 Å². The summed E-state index contributed by atoms with van der Waals surface area (Å²) in [5.41, 5.74) is 2.80. The number of ether oxygens (including phenoxy) is 1. The van der Waals surface area contributed by atoms with E-state index < -0.39 is 10.0 Å². The number of nitrogens with zero attached hydrogens (tertiary/aromatic N) is 1. The minimum atomic E-state index is -3.39. The molecule has 0 aromatic heterocycles. The highest BCUT2D eigenvalue weighted by atomic mass is 32.2. The van der Waals surface area contributed by atoms with Crippen LogP contribution in [0.15, 0.2) is 53.5 Å². The third-order valence-electron chi connectivity index (χ3n) is 4.43. The fourth-order valence-electron chi connectivity index (χ4n) is 3.10. The molecule has 2 rings (SSSR count). The molecule has 0 unspecified atom stereocenters.